The first-order valence-corrected chi connectivity index (χ1v) is 7.31. The molecule has 0 unspecified atom stereocenters. The molecule has 1 aromatic carbocycles. The van der Waals surface area contributed by atoms with Crippen molar-refractivity contribution in [1.82, 2.24) is 10.2 Å². The lowest BCUT2D eigenvalue weighted by atomic mass is 10.1. The number of amides is 1. The van der Waals surface area contributed by atoms with Crippen molar-refractivity contribution < 1.29 is 14.3 Å². The predicted molar refractivity (Wildman–Crippen MR) is 79.0 cm³/mol. The Kier molecular flexibility index (Phi) is 5.39. The van der Waals surface area contributed by atoms with Gasteiger partial charge >= 0.3 is 5.97 Å². The molecule has 0 aliphatic rings. The average Bonchev–Trinajstić information content (AvgIpc) is 2.87. The number of aromatic nitrogens is 2. The first kappa shape index (κ1) is 15.1. The lowest BCUT2D eigenvalue weighted by Crippen LogP contribution is -2.14. The Hall–Kier alpha value is -2.28. The predicted octanol–water partition coefficient (Wildman–Crippen LogP) is 1.82. The van der Waals surface area contributed by atoms with Crippen LogP contribution in [-0.4, -0.2) is 28.7 Å². The van der Waals surface area contributed by atoms with E-state index in [0.717, 1.165) is 5.56 Å². The second-order valence-electron chi connectivity index (χ2n) is 4.19. The van der Waals surface area contributed by atoms with Crippen LogP contribution in [0, 0.1) is 0 Å². The van der Waals surface area contributed by atoms with Gasteiger partial charge in [-0.2, -0.15) is 0 Å². The summed E-state index contributed by atoms with van der Waals surface area (Å²) in [6, 6.07) is 9.42. The van der Waals surface area contributed by atoms with Crippen LogP contribution in [0.5, 0.6) is 0 Å². The van der Waals surface area contributed by atoms with Crippen LogP contribution in [0.15, 0.2) is 30.3 Å². The summed E-state index contributed by atoms with van der Waals surface area (Å²) in [4.78, 5) is 23.2. The van der Waals surface area contributed by atoms with Crippen molar-refractivity contribution in [2.24, 2.45) is 0 Å². The van der Waals surface area contributed by atoms with E-state index in [2.05, 4.69) is 15.5 Å². The summed E-state index contributed by atoms with van der Waals surface area (Å²) in [5.74, 6) is -0.518. The summed E-state index contributed by atoms with van der Waals surface area (Å²) in [6.45, 7) is 2.07. The number of rotatable bonds is 6. The van der Waals surface area contributed by atoms with Crippen molar-refractivity contribution in [3.63, 3.8) is 0 Å². The van der Waals surface area contributed by atoms with Crippen molar-refractivity contribution >= 4 is 28.3 Å². The lowest BCUT2D eigenvalue weighted by Gasteiger charge is -2.00. The van der Waals surface area contributed by atoms with E-state index in [1.54, 1.807) is 6.92 Å². The number of ether oxygens (including phenoxy) is 1. The minimum absolute atomic E-state index is 0.0695. The number of hydrogen-bond acceptors (Lipinski definition) is 6. The van der Waals surface area contributed by atoms with Crippen molar-refractivity contribution in [3.8, 4) is 0 Å². The highest BCUT2D eigenvalue weighted by atomic mass is 32.1. The molecule has 0 radical (unpaired) electrons. The summed E-state index contributed by atoms with van der Waals surface area (Å²) in [5, 5.41) is 11.3. The Bertz CT molecular complexity index is 613. The molecule has 0 bridgehead atoms. The van der Waals surface area contributed by atoms with Crippen molar-refractivity contribution in [1.29, 1.82) is 0 Å². The molecule has 0 aliphatic heterocycles. The Morgan fingerprint density at radius 1 is 1.19 bits per heavy atom. The van der Waals surface area contributed by atoms with E-state index in [1.165, 1.54) is 11.3 Å². The molecule has 1 amide bonds. The third-order valence-corrected chi connectivity index (χ3v) is 3.36. The maximum Gasteiger partial charge on any atom is 0.312 e. The molecule has 1 heterocycles. The van der Waals surface area contributed by atoms with E-state index < -0.39 is 0 Å². The van der Waals surface area contributed by atoms with Gasteiger partial charge < -0.3 is 10.1 Å². The van der Waals surface area contributed by atoms with Gasteiger partial charge in [-0.3, -0.25) is 9.59 Å². The fraction of sp³-hybridized carbons (Fsp3) is 0.286. The Morgan fingerprint density at radius 2 is 1.95 bits per heavy atom. The van der Waals surface area contributed by atoms with Crippen LogP contribution in [0.2, 0.25) is 0 Å². The molecule has 7 heteroatoms. The number of hydrogen-bond donors (Lipinski definition) is 1. The molecule has 0 saturated heterocycles. The van der Waals surface area contributed by atoms with Crippen LogP contribution in [0.1, 0.15) is 17.5 Å². The van der Waals surface area contributed by atoms with E-state index >= 15 is 0 Å². The number of benzene rings is 1. The first-order valence-electron chi connectivity index (χ1n) is 6.49. The molecule has 1 aromatic heterocycles. The Balaban J connectivity index is 1.87. The van der Waals surface area contributed by atoms with Crippen LogP contribution in [0.3, 0.4) is 0 Å². The third kappa shape index (κ3) is 4.96. The van der Waals surface area contributed by atoms with Gasteiger partial charge in [0.15, 0.2) is 0 Å². The fourth-order valence-corrected chi connectivity index (χ4v) is 2.40. The summed E-state index contributed by atoms with van der Waals surface area (Å²) >= 11 is 1.17. The standard InChI is InChI=1S/C14H15N3O3S/c1-2-20-13(19)9-12-16-17-14(21-12)15-11(18)8-10-6-4-3-5-7-10/h3-7H,2,8-9H2,1H3,(H,15,17,18). The van der Waals surface area contributed by atoms with Crippen LogP contribution in [0.25, 0.3) is 0 Å². The highest BCUT2D eigenvalue weighted by molar-refractivity contribution is 7.15. The van der Waals surface area contributed by atoms with Crippen LogP contribution >= 0.6 is 11.3 Å². The molecule has 110 valence electrons. The second-order valence-corrected chi connectivity index (χ2v) is 5.26. The van der Waals surface area contributed by atoms with Gasteiger partial charge in [0.25, 0.3) is 0 Å². The molecule has 0 aliphatic carbocycles. The smallest absolute Gasteiger partial charge is 0.312 e. The maximum atomic E-state index is 11.9. The second kappa shape index (κ2) is 7.49. The number of carbonyl (C=O) groups is 2. The molecule has 6 nitrogen and oxygen atoms in total. The van der Waals surface area contributed by atoms with Crippen LogP contribution in [0.4, 0.5) is 5.13 Å². The molecule has 2 aromatic rings. The number of carbonyl (C=O) groups excluding carboxylic acids is 2. The van der Waals surface area contributed by atoms with Gasteiger partial charge in [-0.05, 0) is 12.5 Å². The maximum absolute atomic E-state index is 11.9. The van der Waals surface area contributed by atoms with E-state index in [-0.39, 0.29) is 24.7 Å². The number of nitrogens with zero attached hydrogens (tertiary/aromatic N) is 2. The SMILES string of the molecule is CCOC(=O)Cc1nnc(NC(=O)Cc2ccccc2)s1. The zero-order valence-corrected chi connectivity index (χ0v) is 12.4. The van der Waals surface area contributed by atoms with E-state index in [0.29, 0.717) is 16.7 Å². The topological polar surface area (TPSA) is 81.2 Å². The molecular weight excluding hydrogens is 290 g/mol. The van der Waals surface area contributed by atoms with E-state index in [1.807, 2.05) is 30.3 Å². The van der Waals surface area contributed by atoms with E-state index in [9.17, 15) is 9.59 Å². The van der Waals surface area contributed by atoms with Gasteiger partial charge in [0.1, 0.15) is 5.01 Å². The Morgan fingerprint density at radius 3 is 2.67 bits per heavy atom. The van der Waals surface area contributed by atoms with Gasteiger partial charge in [-0.15, -0.1) is 10.2 Å². The monoisotopic (exact) mass is 305 g/mol. The Labute approximate surface area is 126 Å². The summed E-state index contributed by atoms with van der Waals surface area (Å²) in [6.07, 6.45) is 0.341. The molecule has 0 fully saturated rings. The van der Waals surface area contributed by atoms with Gasteiger partial charge in [-0.1, -0.05) is 41.7 Å². The number of anilines is 1. The number of nitrogens with one attached hydrogen (secondary N) is 1. The summed E-state index contributed by atoms with van der Waals surface area (Å²) in [7, 11) is 0. The molecule has 0 spiro atoms. The van der Waals surface area contributed by atoms with Gasteiger partial charge in [0.05, 0.1) is 19.4 Å². The highest BCUT2D eigenvalue weighted by Crippen LogP contribution is 2.16. The van der Waals surface area contributed by atoms with E-state index in [4.69, 9.17) is 4.74 Å². The first-order chi connectivity index (χ1) is 10.2. The molecule has 0 atom stereocenters. The molecule has 0 saturated carbocycles. The minimum Gasteiger partial charge on any atom is -0.466 e. The third-order valence-electron chi connectivity index (χ3n) is 2.52. The van der Waals surface area contributed by atoms with Crippen molar-refractivity contribution in [2.45, 2.75) is 19.8 Å². The molecule has 21 heavy (non-hydrogen) atoms. The lowest BCUT2D eigenvalue weighted by molar-refractivity contribution is -0.142. The highest BCUT2D eigenvalue weighted by Gasteiger charge is 2.12. The molecule has 1 N–H and O–H groups in total. The normalized spacial score (nSPS) is 10.1. The van der Waals surface area contributed by atoms with Crippen molar-refractivity contribution in [3.05, 3.63) is 40.9 Å². The van der Waals surface area contributed by atoms with Gasteiger partial charge in [0.2, 0.25) is 11.0 Å². The van der Waals surface area contributed by atoms with Gasteiger partial charge in [0, 0.05) is 0 Å². The molecular formula is C14H15N3O3S. The largest absolute Gasteiger partial charge is 0.466 e. The summed E-state index contributed by atoms with van der Waals surface area (Å²) in [5.41, 5.74) is 0.922. The fourth-order valence-electron chi connectivity index (χ4n) is 1.66. The zero-order chi connectivity index (χ0) is 15.1. The summed E-state index contributed by atoms with van der Waals surface area (Å²) < 4.78 is 4.83. The minimum atomic E-state index is -0.351. The van der Waals surface area contributed by atoms with Crippen molar-refractivity contribution in [2.75, 3.05) is 11.9 Å². The molecule has 2 rings (SSSR count). The zero-order valence-electron chi connectivity index (χ0n) is 11.5. The van der Waals surface area contributed by atoms with Gasteiger partial charge in [-0.25, -0.2) is 0 Å². The van der Waals surface area contributed by atoms with Crippen LogP contribution < -0.4 is 5.32 Å². The number of esters is 1. The quantitative estimate of drug-likeness (QED) is 0.823. The van der Waals surface area contributed by atoms with Crippen LogP contribution in [-0.2, 0) is 27.2 Å². The average molecular weight is 305 g/mol.